The van der Waals surface area contributed by atoms with Crippen LogP contribution in [0.3, 0.4) is 0 Å². The number of hydrogen-bond donors (Lipinski definition) is 2. The molecule has 0 heterocycles. The van der Waals surface area contributed by atoms with E-state index >= 15 is 0 Å². The second-order valence-electron chi connectivity index (χ2n) is 3.97. The van der Waals surface area contributed by atoms with Gasteiger partial charge in [0.2, 0.25) is 0 Å². The first-order chi connectivity index (χ1) is 5.61. The van der Waals surface area contributed by atoms with Crippen LogP contribution in [0.5, 0.6) is 0 Å². The Morgan fingerprint density at radius 1 is 1.33 bits per heavy atom. The second-order valence-corrected chi connectivity index (χ2v) is 3.97. The molecule has 3 N–H and O–H groups in total. The van der Waals surface area contributed by atoms with Gasteiger partial charge in [0.15, 0.2) is 0 Å². The minimum Gasteiger partial charge on any atom is -0.396 e. The van der Waals surface area contributed by atoms with E-state index in [4.69, 9.17) is 10.8 Å². The zero-order valence-electron chi connectivity index (χ0n) is 8.59. The second kappa shape index (κ2) is 6.44. The maximum Gasteiger partial charge on any atom is 0.0434 e. The average Bonchev–Trinajstić information content (AvgIpc) is 2.01. The minimum atomic E-state index is 0.263. The summed E-state index contributed by atoms with van der Waals surface area (Å²) in [7, 11) is 0. The highest BCUT2D eigenvalue weighted by Crippen LogP contribution is 2.19. The Morgan fingerprint density at radius 2 is 1.92 bits per heavy atom. The van der Waals surface area contributed by atoms with E-state index < -0.39 is 0 Å². The molecule has 74 valence electrons. The monoisotopic (exact) mass is 173 g/mol. The van der Waals surface area contributed by atoms with Gasteiger partial charge < -0.3 is 10.8 Å². The van der Waals surface area contributed by atoms with E-state index in [1.807, 2.05) is 0 Å². The van der Waals surface area contributed by atoms with Gasteiger partial charge in [-0.3, -0.25) is 0 Å². The maximum atomic E-state index is 8.84. The van der Waals surface area contributed by atoms with E-state index in [1.165, 1.54) is 0 Å². The lowest BCUT2D eigenvalue weighted by molar-refractivity contribution is 0.222. The third-order valence-corrected chi connectivity index (χ3v) is 2.35. The predicted octanol–water partition coefficient (Wildman–Crippen LogP) is 1.77. The van der Waals surface area contributed by atoms with Crippen LogP contribution in [0.1, 0.15) is 40.0 Å². The summed E-state index contributed by atoms with van der Waals surface area (Å²) in [5, 5.41) is 8.84. The van der Waals surface area contributed by atoms with Crippen molar-refractivity contribution in [3.63, 3.8) is 0 Å². The Hall–Kier alpha value is -0.0800. The highest BCUT2D eigenvalue weighted by Gasteiger charge is 2.16. The first kappa shape index (κ1) is 11.9. The van der Waals surface area contributed by atoms with Crippen molar-refractivity contribution in [1.29, 1.82) is 0 Å². The minimum absolute atomic E-state index is 0.263. The Kier molecular flexibility index (Phi) is 6.39. The fraction of sp³-hybridized carbons (Fsp3) is 1.00. The molecule has 0 radical (unpaired) electrons. The van der Waals surface area contributed by atoms with Crippen LogP contribution in [0.25, 0.3) is 0 Å². The van der Waals surface area contributed by atoms with Crippen molar-refractivity contribution < 1.29 is 5.11 Å². The van der Waals surface area contributed by atoms with Crippen molar-refractivity contribution >= 4 is 0 Å². The summed E-state index contributed by atoms with van der Waals surface area (Å²) in [4.78, 5) is 0. The standard InChI is InChI=1S/C10H23NO/c1-4-10(11)9(5-6-12)7-8(2)3/h8-10,12H,4-7,11H2,1-3H3. The summed E-state index contributed by atoms with van der Waals surface area (Å²) >= 11 is 0. The van der Waals surface area contributed by atoms with E-state index in [1.54, 1.807) is 0 Å². The van der Waals surface area contributed by atoms with Crippen molar-refractivity contribution in [2.75, 3.05) is 6.61 Å². The Labute approximate surface area is 76.2 Å². The van der Waals surface area contributed by atoms with E-state index in [-0.39, 0.29) is 12.6 Å². The smallest absolute Gasteiger partial charge is 0.0434 e. The third kappa shape index (κ3) is 4.73. The molecule has 12 heavy (non-hydrogen) atoms. The van der Waals surface area contributed by atoms with Gasteiger partial charge in [0.1, 0.15) is 0 Å². The van der Waals surface area contributed by atoms with Crippen LogP contribution in [0.15, 0.2) is 0 Å². The lowest BCUT2D eigenvalue weighted by Gasteiger charge is -2.23. The van der Waals surface area contributed by atoms with Gasteiger partial charge in [-0.2, -0.15) is 0 Å². The molecule has 0 aliphatic rings. The molecule has 0 bridgehead atoms. The van der Waals surface area contributed by atoms with E-state index in [0.717, 1.165) is 19.3 Å². The molecule has 0 spiro atoms. The Bertz CT molecular complexity index is 104. The maximum absolute atomic E-state index is 8.84. The summed E-state index contributed by atoms with van der Waals surface area (Å²) in [6, 6.07) is 0.263. The molecule has 0 saturated heterocycles. The highest BCUT2D eigenvalue weighted by molar-refractivity contribution is 4.72. The average molecular weight is 173 g/mol. The van der Waals surface area contributed by atoms with Gasteiger partial charge in [-0.05, 0) is 31.1 Å². The molecule has 2 atom stereocenters. The fourth-order valence-corrected chi connectivity index (χ4v) is 1.61. The van der Waals surface area contributed by atoms with Crippen LogP contribution in [0, 0.1) is 11.8 Å². The lowest BCUT2D eigenvalue weighted by atomic mass is 9.87. The van der Waals surface area contributed by atoms with E-state index in [0.29, 0.717) is 11.8 Å². The molecule has 2 unspecified atom stereocenters. The van der Waals surface area contributed by atoms with E-state index in [2.05, 4.69) is 20.8 Å². The largest absolute Gasteiger partial charge is 0.396 e. The molecule has 0 aromatic rings. The molecule has 0 aliphatic heterocycles. The SMILES string of the molecule is CCC(N)C(CCO)CC(C)C. The van der Waals surface area contributed by atoms with Crippen LogP contribution in [0.4, 0.5) is 0 Å². The third-order valence-electron chi connectivity index (χ3n) is 2.35. The molecular weight excluding hydrogens is 150 g/mol. The van der Waals surface area contributed by atoms with Crippen molar-refractivity contribution in [1.82, 2.24) is 0 Å². The van der Waals surface area contributed by atoms with Crippen LogP contribution in [0.2, 0.25) is 0 Å². The summed E-state index contributed by atoms with van der Waals surface area (Å²) in [5.41, 5.74) is 5.94. The lowest BCUT2D eigenvalue weighted by Crippen LogP contribution is -2.31. The summed E-state index contributed by atoms with van der Waals surface area (Å²) in [6.07, 6.45) is 3.00. The number of nitrogens with two attached hydrogens (primary N) is 1. The molecule has 0 amide bonds. The summed E-state index contributed by atoms with van der Waals surface area (Å²) in [6.45, 7) is 6.78. The molecular formula is C10H23NO. The first-order valence-electron chi connectivity index (χ1n) is 4.98. The van der Waals surface area contributed by atoms with Gasteiger partial charge in [-0.1, -0.05) is 20.8 Å². The topological polar surface area (TPSA) is 46.2 Å². The van der Waals surface area contributed by atoms with Crippen LogP contribution in [-0.2, 0) is 0 Å². The molecule has 0 fully saturated rings. The number of rotatable bonds is 6. The van der Waals surface area contributed by atoms with Gasteiger partial charge >= 0.3 is 0 Å². The highest BCUT2D eigenvalue weighted by atomic mass is 16.3. The number of hydrogen-bond acceptors (Lipinski definition) is 2. The van der Waals surface area contributed by atoms with Crippen LogP contribution >= 0.6 is 0 Å². The van der Waals surface area contributed by atoms with Crippen molar-refractivity contribution in [3.8, 4) is 0 Å². The Morgan fingerprint density at radius 3 is 2.25 bits per heavy atom. The summed E-state index contributed by atoms with van der Waals surface area (Å²) < 4.78 is 0. The van der Waals surface area contributed by atoms with Crippen molar-refractivity contribution in [2.45, 2.75) is 46.1 Å². The van der Waals surface area contributed by atoms with Gasteiger partial charge in [0.25, 0.3) is 0 Å². The molecule has 2 nitrogen and oxygen atoms in total. The number of aliphatic hydroxyl groups is 1. The van der Waals surface area contributed by atoms with Gasteiger partial charge in [-0.25, -0.2) is 0 Å². The van der Waals surface area contributed by atoms with Crippen molar-refractivity contribution in [3.05, 3.63) is 0 Å². The zero-order chi connectivity index (χ0) is 9.56. The fourth-order valence-electron chi connectivity index (χ4n) is 1.61. The number of aliphatic hydroxyl groups excluding tert-OH is 1. The van der Waals surface area contributed by atoms with Crippen LogP contribution < -0.4 is 5.73 Å². The predicted molar refractivity (Wildman–Crippen MR) is 52.9 cm³/mol. The first-order valence-corrected chi connectivity index (χ1v) is 4.98. The quantitative estimate of drug-likeness (QED) is 0.643. The molecule has 2 heteroatoms. The van der Waals surface area contributed by atoms with Crippen molar-refractivity contribution in [2.24, 2.45) is 17.6 Å². The summed E-state index contributed by atoms with van der Waals surface area (Å²) in [5.74, 6) is 1.18. The van der Waals surface area contributed by atoms with Crippen LogP contribution in [-0.4, -0.2) is 17.8 Å². The molecule has 0 saturated carbocycles. The normalized spacial score (nSPS) is 16.5. The van der Waals surface area contributed by atoms with E-state index in [9.17, 15) is 0 Å². The molecule has 0 rings (SSSR count). The molecule has 0 aromatic carbocycles. The van der Waals surface area contributed by atoms with Gasteiger partial charge in [-0.15, -0.1) is 0 Å². The molecule has 0 aromatic heterocycles. The van der Waals surface area contributed by atoms with Gasteiger partial charge in [0.05, 0.1) is 0 Å². The Balaban J connectivity index is 3.84. The molecule has 0 aliphatic carbocycles. The zero-order valence-corrected chi connectivity index (χ0v) is 8.59. The van der Waals surface area contributed by atoms with Gasteiger partial charge in [0, 0.05) is 12.6 Å².